The van der Waals surface area contributed by atoms with E-state index in [1.165, 1.54) is 30.5 Å². The molecular formula is C19H14FN5O5S. The molecule has 10 nitrogen and oxygen atoms in total. The van der Waals surface area contributed by atoms with Crippen LogP contribution in [0.2, 0.25) is 0 Å². The van der Waals surface area contributed by atoms with Crippen molar-refractivity contribution >= 4 is 29.9 Å². The summed E-state index contributed by atoms with van der Waals surface area (Å²) in [5.41, 5.74) is 1.69. The van der Waals surface area contributed by atoms with Crippen LogP contribution in [0.25, 0.3) is 0 Å². The fraction of sp³-hybridized carbons (Fsp3) is 0.0526. The van der Waals surface area contributed by atoms with E-state index in [0.29, 0.717) is 5.56 Å². The molecular weight excluding hydrogens is 429 g/mol. The van der Waals surface area contributed by atoms with Gasteiger partial charge in [0, 0.05) is 0 Å². The van der Waals surface area contributed by atoms with Crippen LogP contribution in [0, 0.1) is 5.82 Å². The fourth-order valence-corrected chi connectivity index (χ4v) is 2.78. The number of carbonyl (C=O) groups excluding carboxylic acids is 2. The zero-order valence-corrected chi connectivity index (χ0v) is 16.4. The third-order valence-electron chi connectivity index (χ3n) is 3.59. The van der Waals surface area contributed by atoms with Gasteiger partial charge in [0.2, 0.25) is 5.91 Å². The zero-order chi connectivity index (χ0) is 22.2. The Morgan fingerprint density at radius 1 is 1.13 bits per heavy atom. The minimum Gasteiger partial charge on any atom is -0.423 e. The van der Waals surface area contributed by atoms with E-state index in [4.69, 9.17) is 4.74 Å². The predicted molar refractivity (Wildman–Crippen MR) is 110 cm³/mol. The first kappa shape index (κ1) is 21.6. The molecule has 31 heavy (non-hydrogen) atoms. The molecule has 0 radical (unpaired) electrons. The van der Waals surface area contributed by atoms with Crippen molar-refractivity contribution in [1.29, 1.82) is 0 Å². The van der Waals surface area contributed by atoms with E-state index in [1.54, 1.807) is 12.1 Å². The minimum absolute atomic E-state index is 0.0514. The average molecular weight is 443 g/mol. The first-order valence-corrected chi connectivity index (χ1v) is 9.61. The van der Waals surface area contributed by atoms with Crippen LogP contribution in [-0.4, -0.2) is 39.0 Å². The molecule has 2 aromatic carbocycles. The number of amides is 1. The number of hydrogen-bond acceptors (Lipinski definition) is 8. The van der Waals surface area contributed by atoms with Crippen LogP contribution in [0.1, 0.15) is 15.9 Å². The molecule has 0 aliphatic heterocycles. The van der Waals surface area contributed by atoms with Gasteiger partial charge in [0.15, 0.2) is 5.03 Å². The second-order valence-corrected chi connectivity index (χ2v) is 6.82. The van der Waals surface area contributed by atoms with Gasteiger partial charge in [0.1, 0.15) is 11.6 Å². The maximum Gasteiger partial charge on any atom is 0.343 e. The van der Waals surface area contributed by atoms with Crippen LogP contribution < -0.4 is 21.4 Å². The summed E-state index contributed by atoms with van der Waals surface area (Å²) >= 11 is 0.836. The number of carbonyl (C=O) groups is 2. The SMILES string of the molecule is O=C(CSc1n[nH]c(=O)[nH]c1=O)N/N=C/c1ccc(OC(=O)c2ccc(F)cc2)cc1. The molecule has 3 rings (SSSR count). The van der Waals surface area contributed by atoms with E-state index >= 15 is 0 Å². The molecule has 0 unspecified atom stereocenters. The number of hydrazone groups is 1. The molecule has 12 heteroatoms. The molecule has 0 saturated heterocycles. The summed E-state index contributed by atoms with van der Waals surface area (Å²) in [7, 11) is 0. The monoisotopic (exact) mass is 443 g/mol. The molecule has 1 amide bonds. The van der Waals surface area contributed by atoms with Gasteiger partial charge in [-0.2, -0.15) is 10.2 Å². The van der Waals surface area contributed by atoms with Crippen LogP contribution in [0.3, 0.4) is 0 Å². The largest absolute Gasteiger partial charge is 0.423 e. The quantitative estimate of drug-likeness (QED) is 0.163. The summed E-state index contributed by atoms with van der Waals surface area (Å²) in [6.45, 7) is 0. The first-order valence-electron chi connectivity index (χ1n) is 8.62. The van der Waals surface area contributed by atoms with E-state index in [2.05, 4.69) is 20.7 Å². The lowest BCUT2D eigenvalue weighted by Crippen LogP contribution is -2.26. The highest BCUT2D eigenvalue weighted by Crippen LogP contribution is 2.14. The predicted octanol–water partition coefficient (Wildman–Crippen LogP) is 1.06. The van der Waals surface area contributed by atoms with Crippen LogP contribution >= 0.6 is 11.8 Å². The number of rotatable bonds is 7. The third-order valence-corrected chi connectivity index (χ3v) is 4.55. The van der Waals surface area contributed by atoms with Gasteiger partial charge in [-0.15, -0.1) is 0 Å². The van der Waals surface area contributed by atoms with Crippen molar-refractivity contribution in [3.8, 4) is 5.75 Å². The van der Waals surface area contributed by atoms with E-state index < -0.39 is 28.9 Å². The number of hydrogen-bond donors (Lipinski definition) is 3. The van der Waals surface area contributed by atoms with E-state index in [9.17, 15) is 23.6 Å². The highest BCUT2D eigenvalue weighted by molar-refractivity contribution is 7.99. The summed E-state index contributed by atoms with van der Waals surface area (Å²) in [6, 6.07) is 11.3. The molecule has 0 saturated carbocycles. The molecule has 1 heterocycles. The van der Waals surface area contributed by atoms with Crippen LogP contribution in [0.15, 0.2) is 68.2 Å². The van der Waals surface area contributed by atoms with Gasteiger partial charge in [-0.1, -0.05) is 11.8 Å². The molecule has 3 N–H and O–H groups in total. The molecule has 0 atom stereocenters. The Kier molecular flexibility index (Phi) is 7.06. The maximum atomic E-state index is 12.9. The number of ether oxygens (including phenoxy) is 1. The number of H-pyrrole nitrogens is 2. The summed E-state index contributed by atoms with van der Waals surface area (Å²) in [4.78, 5) is 48.1. The molecule has 0 aliphatic carbocycles. The standard InChI is InChI=1S/C19H14FN5O5S/c20-13-5-3-12(4-6-13)18(28)30-14-7-1-11(2-8-14)9-21-23-15(26)10-31-17-16(27)22-19(29)25-24-17/h1-9H,10H2,(H,23,26)(H2,22,25,27,29)/b21-9+. The molecule has 0 fully saturated rings. The van der Waals surface area contributed by atoms with E-state index in [-0.39, 0.29) is 22.1 Å². The molecule has 0 aliphatic rings. The number of esters is 1. The fourth-order valence-electron chi connectivity index (χ4n) is 2.15. The van der Waals surface area contributed by atoms with Gasteiger partial charge in [-0.05, 0) is 54.1 Å². The molecule has 1 aromatic heterocycles. The minimum atomic E-state index is -0.736. The number of nitrogens with one attached hydrogen (secondary N) is 3. The number of aromatic nitrogens is 3. The Morgan fingerprint density at radius 2 is 1.84 bits per heavy atom. The van der Waals surface area contributed by atoms with Crippen molar-refractivity contribution in [3.05, 3.63) is 86.3 Å². The Balaban J connectivity index is 1.48. The normalized spacial score (nSPS) is 10.7. The summed E-state index contributed by atoms with van der Waals surface area (Å²) < 4.78 is 18.1. The summed E-state index contributed by atoms with van der Waals surface area (Å²) in [5, 5.41) is 9.35. The van der Waals surface area contributed by atoms with Gasteiger partial charge < -0.3 is 4.74 Å². The number of benzene rings is 2. The van der Waals surface area contributed by atoms with Crippen molar-refractivity contribution < 1.29 is 18.7 Å². The van der Waals surface area contributed by atoms with Crippen molar-refractivity contribution in [2.45, 2.75) is 5.03 Å². The third kappa shape index (κ3) is 6.47. The smallest absolute Gasteiger partial charge is 0.343 e. The number of thioether (sulfide) groups is 1. The Bertz CT molecular complexity index is 1220. The van der Waals surface area contributed by atoms with Gasteiger partial charge in [-0.3, -0.25) is 14.6 Å². The Morgan fingerprint density at radius 3 is 2.52 bits per heavy atom. The zero-order valence-electron chi connectivity index (χ0n) is 15.6. The maximum absolute atomic E-state index is 12.9. The number of aromatic amines is 2. The van der Waals surface area contributed by atoms with Crippen LogP contribution in [0.5, 0.6) is 5.75 Å². The molecule has 158 valence electrons. The van der Waals surface area contributed by atoms with Crippen molar-refractivity contribution in [2.24, 2.45) is 5.10 Å². The highest BCUT2D eigenvalue weighted by atomic mass is 32.2. The van der Waals surface area contributed by atoms with E-state index in [0.717, 1.165) is 23.9 Å². The lowest BCUT2D eigenvalue weighted by molar-refractivity contribution is -0.118. The lowest BCUT2D eigenvalue weighted by atomic mass is 10.2. The topological polar surface area (TPSA) is 146 Å². The average Bonchev–Trinajstić information content (AvgIpc) is 2.75. The Hall–Kier alpha value is -4.06. The summed E-state index contributed by atoms with van der Waals surface area (Å²) in [5.74, 6) is -1.42. The number of nitrogens with zero attached hydrogens (tertiary/aromatic N) is 2. The second kappa shape index (κ2) is 10.1. The van der Waals surface area contributed by atoms with Gasteiger partial charge >= 0.3 is 11.7 Å². The Labute approximate surface area is 177 Å². The van der Waals surface area contributed by atoms with Gasteiger partial charge in [0.05, 0.1) is 17.5 Å². The van der Waals surface area contributed by atoms with Crippen LogP contribution in [-0.2, 0) is 4.79 Å². The highest BCUT2D eigenvalue weighted by Gasteiger charge is 2.09. The molecule has 0 spiro atoms. The van der Waals surface area contributed by atoms with Gasteiger partial charge in [-0.25, -0.2) is 24.5 Å². The van der Waals surface area contributed by atoms with E-state index in [1.807, 2.05) is 4.98 Å². The van der Waals surface area contributed by atoms with Crippen LogP contribution in [0.4, 0.5) is 4.39 Å². The van der Waals surface area contributed by atoms with Crippen molar-refractivity contribution in [3.63, 3.8) is 0 Å². The number of halogens is 1. The van der Waals surface area contributed by atoms with Crippen molar-refractivity contribution in [1.82, 2.24) is 20.6 Å². The van der Waals surface area contributed by atoms with Gasteiger partial charge in [0.25, 0.3) is 5.56 Å². The lowest BCUT2D eigenvalue weighted by Gasteiger charge is -2.04. The first-order chi connectivity index (χ1) is 14.9. The second-order valence-electron chi connectivity index (χ2n) is 5.86. The van der Waals surface area contributed by atoms with Crippen molar-refractivity contribution in [2.75, 3.05) is 5.75 Å². The molecule has 3 aromatic rings. The summed E-state index contributed by atoms with van der Waals surface area (Å²) in [6.07, 6.45) is 1.37. The molecule has 0 bridgehead atoms.